The SMILES string of the molecule is CCNS(=O)(=O)c1ccc(CCC(=O)NCCC(C)C)cc1. The van der Waals surface area contributed by atoms with E-state index in [1.54, 1.807) is 31.2 Å². The van der Waals surface area contributed by atoms with Crippen molar-refractivity contribution in [3.05, 3.63) is 29.8 Å². The van der Waals surface area contributed by atoms with Crippen molar-refractivity contribution in [3.8, 4) is 0 Å². The molecule has 0 aromatic heterocycles. The van der Waals surface area contributed by atoms with Gasteiger partial charge in [-0.2, -0.15) is 0 Å². The van der Waals surface area contributed by atoms with E-state index in [1.165, 1.54) is 0 Å². The third-order valence-corrected chi connectivity index (χ3v) is 4.81. The minimum absolute atomic E-state index is 0.0324. The molecule has 22 heavy (non-hydrogen) atoms. The van der Waals surface area contributed by atoms with Gasteiger partial charge in [0.25, 0.3) is 0 Å². The average Bonchev–Trinajstić information content (AvgIpc) is 2.45. The maximum absolute atomic E-state index is 11.8. The monoisotopic (exact) mass is 326 g/mol. The van der Waals surface area contributed by atoms with Crippen LogP contribution in [-0.4, -0.2) is 27.4 Å². The first-order chi connectivity index (χ1) is 10.3. The predicted molar refractivity (Wildman–Crippen MR) is 88.1 cm³/mol. The van der Waals surface area contributed by atoms with Crippen molar-refractivity contribution in [1.29, 1.82) is 0 Å². The minimum Gasteiger partial charge on any atom is -0.356 e. The molecule has 5 nitrogen and oxygen atoms in total. The van der Waals surface area contributed by atoms with Crippen LogP contribution >= 0.6 is 0 Å². The molecule has 124 valence electrons. The highest BCUT2D eigenvalue weighted by molar-refractivity contribution is 7.89. The first kappa shape index (κ1) is 18.6. The minimum atomic E-state index is -3.41. The van der Waals surface area contributed by atoms with Crippen LogP contribution in [0.25, 0.3) is 0 Å². The van der Waals surface area contributed by atoms with E-state index < -0.39 is 10.0 Å². The van der Waals surface area contributed by atoms with Crippen LogP contribution in [0.1, 0.15) is 39.2 Å². The molecule has 0 bridgehead atoms. The summed E-state index contributed by atoms with van der Waals surface area (Å²) in [6.45, 7) is 7.05. The van der Waals surface area contributed by atoms with E-state index in [2.05, 4.69) is 23.9 Å². The Morgan fingerprint density at radius 1 is 1.18 bits per heavy atom. The molecular weight excluding hydrogens is 300 g/mol. The molecule has 0 fully saturated rings. The van der Waals surface area contributed by atoms with E-state index >= 15 is 0 Å². The highest BCUT2D eigenvalue weighted by atomic mass is 32.2. The Morgan fingerprint density at radius 3 is 2.36 bits per heavy atom. The first-order valence-corrected chi connectivity index (χ1v) is 9.18. The molecule has 1 aromatic rings. The molecule has 0 aliphatic rings. The third-order valence-electron chi connectivity index (χ3n) is 3.25. The van der Waals surface area contributed by atoms with Gasteiger partial charge in [-0.25, -0.2) is 13.1 Å². The van der Waals surface area contributed by atoms with Crippen LogP contribution in [0.2, 0.25) is 0 Å². The predicted octanol–water partition coefficient (Wildman–Crippen LogP) is 2.08. The molecule has 6 heteroatoms. The van der Waals surface area contributed by atoms with Crippen molar-refractivity contribution in [2.24, 2.45) is 5.92 Å². The highest BCUT2D eigenvalue weighted by Gasteiger charge is 2.12. The zero-order chi connectivity index (χ0) is 16.6. The number of carbonyl (C=O) groups is 1. The summed E-state index contributed by atoms with van der Waals surface area (Å²) in [6, 6.07) is 6.66. The Hall–Kier alpha value is -1.40. The molecule has 0 atom stereocenters. The summed E-state index contributed by atoms with van der Waals surface area (Å²) in [6.07, 6.45) is 2.00. The zero-order valence-corrected chi connectivity index (χ0v) is 14.4. The largest absolute Gasteiger partial charge is 0.356 e. The lowest BCUT2D eigenvalue weighted by atomic mass is 10.1. The van der Waals surface area contributed by atoms with Crippen molar-refractivity contribution in [2.75, 3.05) is 13.1 Å². The molecule has 1 aromatic carbocycles. The molecule has 0 spiro atoms. The number of nitrogens with one attached hydrogen (secondary N) is 2. The van der Waals surface area contributed by atoms with Crippen LogP contribution in [0.4, 0.5) is 0 Å². The fourth-order valence-corrected chi connectivity index (χ4v) is 3.00. The molecule has 1 rings (SSSR count). The van der Waals surface area contributed by atoms with Gasteiger partial charge in [0, 0.05) is 19.5 Å². The van der Waals surface area contributed by atoms with Gasteiger partial charge in [-0.3, -0.25) is 4.79 Å². The Bertz CT molecular complexity index is 566. The van der Waals surface area contributed by atoms with Crippen molar-refractivity contribution in [2.45, 2.75) is 44.9 Å². The standard InChI is InChI=1S/C16H26N2O3S/c1-4-18-22(20,21)15-8-5-14(6-9-15)7-10-16(19)17-12-11-13(2)3/h5-6,8-9,13,18H,4,7,10-12H2,1-3H3,(H,17,19). The van der Waals surface area contributed by atoms with Crippen molar-refractivity contribution in [1.82, 2.24) is 10.0 Å². The summed E-state index contributed by atoms with van der Waals surface area (Å²) in [4.78, 5) is 11.9. The van der Waals surface area contributed by atoms with Gasteiger partial charge in [-0.1, -0.05) is 32.9 Å². The lowest BCUT2D eigenvalue weighted by molar-refractivity contribution is -0.121. The molecule has 0 saturated heterocycles. The maximum Gasteiger partial charge on any atom is 0.240 e. The van der Waals surface area contributed by atoms with Crippen molar-refractivity contribution < 1.29 is 13.2 Å². The molecular formula is C16H26N2O3S. The number of hydrogen-bond acceptors (Lipinski definition) is 3. The second-order valence-electron chi connectivity index (χ2n) is 5.68. The summed E-state index contributed by atoms with van der Waals surface area (Å²) in [5.74, 6) is 0.608. The van der Waals surface area contributed by atoms with E-state index in [0.29, 0.717) is 31.8 Å². The summed E-state index contributed by atoms with van der Waals surface area (Å²) in [5.41, 5.74) is 0.953. The molecule has 0 unspecified atom stereocenters. The van der Waals surface area contributed by atoms with Crippen LogP contribution in [0.3, 0.4) is 0 Å². The second kappa shape index (κ2) is 8.90. The summed E-state index contributed by atoms with van der Waals surface area (Å²) >= 11 is 0. The quantitative estimate of drug-likeness (QED) is 0.729. The Morgan fingerprint density at radius 2 is 1.82 bits per heavy atom. The van der Waals surface area contributed by atoms with E-state index in [9.17, 15) is 13.2 Å². The third kappa shape index (κ3) is 6.58. The van der Waals surface area contributed by atoms with Gasteiger partial charge in [0.2, 0.25) is 15.9 Å². The summed E-state index contributed by atoms with van der Waals surface area (Å²) < 4.78 is 26.1. The number of hydrogen-bond donors (Lipinski definition) is 2. The first-order valence-electron chi connectivity index (χ1n) is 7.70. The molecule has 2 N–H and O–H groups in total. The number of benzene rings is 1. The fraction of sp³-hybridized carbons (Fsp3) is 0.562. The number of aryl methyl sites for hydroxylation is 1. The van der Waals surface area contributed by atoms with Gasteiger partial charge in [-0.15, -0.1) is 0 Å². The summed E-state index contributed by atoms with van der Waals surface area (Å²) in [7, 11) is -3.41. The lowest BCUT2D eigenvalue weighted by Crippen LogP contribution is -2.25. The normalized spacial score (nSPS) is 11.6. The fourth-order valence-electron chi connectivity index (χ4n) is 1.96. The average molecular weight is 326 g/mol. The molecule has 0 heterocycles. The van der Waals surface area contributed by atoms with Crippen molar-refractivity contribution in [3.63, 3.8) is 0 Å². The molecule has 0 aliphatic carbocycles. The number of carbonyl (C=O) groups excluding carboxylic acids is 1. The number of amides is 1. The molecule has 0 aliphatic heterocycles. The number of sulfonamides is 1. The van der Waals surface area contributed by atoms with Gasteiger partial charge >= 0.3 is 0 Å². The van der Waals surface area contributed by atoms with Crippen LogP contribution in [0, 0.1) is 5.92 Å². The smallest absolute Gasteiger partial charge is 0.240 e. The van der Waals surface area contributed by atoms with Crippen LogP contribution in [0.15, 0.2) is 29.2 Å². The molecule has 1 amide bonds. The Balaban J connectivity index is 2.46. The van der Waals surface area contributed by atoms with Crippen LogP contribution < -0.4 is 10.0 Å². The topological polar surface area (TPSA) is 75.3 Å². The molecule has 0 radical (unpaired) electrons. The Kier molecular flexibility index (Phi) is 7.55. The van der Waals surface area contributed by atoms with E-state index in [-0.39, 0.29) is 10.8 Å². The van der Waals surface area contributed by atoms with Gasteiger partial charge in [0.15, 0.2) is 0 Å². The van der Waals surface area contributed by atoms with E-state index in [4.69, 9.17) is 0 Å². The highest BCUT2D eigenvalue weighted by Crippen LogP contribution is 2.11. The van der Waals surface area contributed by atoms with Gasteiger partial charge < -0.3 is 5.32 Å². The van der Waals surface area contributed by atoms with Gasteiger partial charge in [0.1, 0.15) is 0 Å². The van der Waals surface area contributed by atoms with Crippen LogP contribution in [0.5, 0.6) is 0 Å². The van der Waals surface area contributed by atoms with Crippen molar-refractivity contribution >= 4 is 15.9 Å². The Labute approximate surface area is 133 Å². The van der Waals surface area contributed by atoms with Gasteiger partial charge in [-0.05, 0) is 36.5 Å². The van der Waals surface area contributed by atoms with Gasteiger partial charge in [0.05, 0.1) is 4.90 Å². The lowest BCUT2D eigenvalue weighted by Gasteiger charge is -2.08. The zero-order valence-electron chi connectivity index (χ0n) is 13.6. The molecule has 0 saturated carbocycles. The second-order valence-corrected chi connectivity index (χ2v) is 7.44. The summed E-state index contributed by atoms with van der Waals surface area (Å²) in [5, 5.41) is 2.89. The van der Waals surface area contributed by atoms with Crippen LogP contribution in [-0.2, 0) is 21.2 Å². The number of rotatable bonds is 9. The van der Waals surface area contributed by atoms with E-state index in [1.807, 2.05) is 0 Å². The maximum atomic E-state index is 11.8. The van der Waals surface area contributed by atoms with E-state index in [0.717, 1.165) is 12.0 Å².